The van der Waals surface area contributed by atoms with Gasteiger partial charge in [-0.15, -0.1) is 0 Å². The molecule has 0 radical (unpaired) electrons. The summed E-state index contributed by atoms with van der Waals surface area (Å²) in [4.78, 5) is 50.8. The summed E-state index contributed by atoms with van der Waals surface area (Å²) in [5.41, 5.74) is 0. The number of rotatable bonds is 54. The van der Waals surface area contributed by atoms with Crippen molar-refractivity contribution in [3.05, 3.63) is 12.2 Å². The Hall–Kier alpha value is -2.30. The molecule has 3 fully saturated rings. The average Bonchev–Trinajstić information content (AvgIpc) is 0.789. The molecule has 3 aliphatic rings. The molecular weight excluding hydrogens is 1220 g/mol. The van der Waals surface area contributed by atoms with Gasteiger partial charge in [-0.05, 0) is 44.9 Å². The van der Waals surface area contributed by atoms with Crippen LogP contribution in [0.2, 0.25) is 0 Å². The molecule has 25 heteroatoms. The van der Waals surface area contributed by atoms with Gasteiger partial charge in [0.25, 0.3) is 0 Å². The van der Waals surface area contributed by atoms with E-state index in [4.69, 9.17) is 42.2 Å². The van der Waals surface area contributed by atoms with Gasteiger partial charge in [0.15, 0.2) is 18.7 Å². The average molecular weight is 1340 g/mol. The lowest BCUT2D eigenvalue weighted by molar-refractivity contribution is -0.360. The Morgan fingerprint density at radius 2 is 0.761 bits per heavy atom. The number of aliphatic hydroxyl groups is 10. The highest BCUT2D eigenvalue weighted by Crippen LogP contribution is 2.49. The third-order valence-electron chi connectivity index (χ3n) is 17.5. The number of unbranched alkanes of at least 4 members (excludes halogenated alkanes) is 31. The van der Waals surface area contributed by atoms with Crippen molar-refractivity contribution < 1.29 is 117 Å². The van der Waals surface area contributed by atoms with E-state index in [0.29, 0.717) is 25.7 Å². The number of hydrogen-bond donors (Lipinski definition) is 11. The molecule has 24 nitrogen and oxygen atoms in total. The molecule has 0 aromatic rings. The number of allylic oxidation sites excluding steroid dienone is 2. The van der Waals surface area contributed by atoms with Crippen LogP contribution in [-0.2, 0) is 61.2 Å². The van der Waals surface area contributed by atoms with E-state index in [9.17, 15) is 74.9 Å². The van der Waals surface area contributed by atoms with Gasteiger partial charge in [-0.3, -0.25) is 23.4 Å². The fourth-order valence-corrected chi connectivity index (χ4v) is 12.7. The first-order valence-electron chi connectivity index (χ1n) is 35.5. The molecule has 18 unspecified atom stereocenters. The van der Waals surface area contributed by atoms with E-state index < -0.39 is 156 Å². The minimum absolute atomic E-state index is 0.0309. The molecule has 0 spiro atoms. The van der Waals surface area contributed by atoms with Crippen LogP contribution in [0.25, 0.3) is 0 Å². The van der Waals surface area contributed by atoms with Crippen LogP contribution < -0.4 is 0 Å². The van der Waals surface area contributed by atoms with Crippen molar-refractivity contribution in [1.82, 2.24) is 0 Å². The van der Waals surface area contributed by atoms with Gasteiger partial charge in [-0.1, -0.05) is 213 Å². The molecule has 11 N–H and O–H groups in total. The normalized spacial score (nSPS) is 28.7. The molecule has 2 aliphatic heterocycles. The summed E-state index contributed by atoms with van der Waals surface area (Å²) in [6.45, 7) is 3.39. The second kappa shape index (κ2) is 50.1. The molecule has 92 heavy (non-hydrogen) atoms. The van der Waals surface area contributed by atoms with Crippen molar-refractivity contribution >= 4 is 25.7 Å². The van der Waals surface area contributed by atoms with E-state index in [-0.39, 0.29) is 19.3 Å². The van der Waals surface area contributed by atoms with Crippen LogP contribution in [0.1, 0.15) is 265 Å². The molecule has 0 amide bonds. The van der Waals surface area contributed by atoms with Crippen molar-refractivity contribution in [3.8, 4) is 0 Å². The highest BCUT2D eigenvalue weighted by molar-refractivity contribution is 7.47. The van der Waals surface area contributed by atoms with E-state index in [1.54, 1.807) is 0 Å². The van der Waals surface area contributed by atoms with Crippen LogP contribution in [-0.4, -0.2) is 204 Å². The van der Waals surface area contributed by atoms with E-state index >= 15 is 0 Å². The molecule has 2 saturated heterocycles. The summed E-state index contributed by atoms with van der Waals surface area (Å²) < 4.78 is 64.8. The first-order chi connectivity index (χ1) is 44.3. The number of esters is 3. The zero-order valence-corrected chi connectivity index (χ0v) is 56.7. The standard InChI is InChI=1S/C67H123O24P/c1-4-7-10-13-16-19-22-24-25-28-31-34-37-40-43-53(71)86-48(45-83-51(69)41-38-35-32-30-27-23-20-17-14-11-8-5-2)46-85-92(81,82)91-65-63(89-66-61(79)56(74)54(72)49(44-68)87-66)59(77)58(76)60(78)64(65)90-67-62(80)57(75)55(73)50(88-67)47-84-52(70)42-39-36-33-29-26-21-18-15-12-9-6-3/h25,28,48-50,54-68,72-80H,4-24,26-27,29-47H2,1-3H3,(H,81,82)/b28-25-. The molecule has 3 rings (SSSR count). The summed E-state index contributed by atoms with van der Waals surface area (Å²) >= 11 is 0. The second-order valence-electron chi connectivity index (χ2n) is 25.6. The molecule has 0 aromatic carbocycles. The molecule has 1 aliphatic carbocycles. The Balaban J connectivity index is 1.77. The third kappa shape index (κ3) is 33.8. The number of carbonyl (C=O) groups excluding carboxylic acids is 3. The highest BCUT2D eigenvalue weighted by Gasteiger charge is 2.58. The number of phosphoric acid groups is 1. The van der Waals surface area contributed by atoms with Crippen molar-refractivity contribution in [1.29, 1.82) is 0 Å². The maximum Gasteiger partial charge on any atom is 0.472 e. The number of ether oxygens (including phenoxy) is 7. The van der Waals surface area contributed by atoms with Crippen LogP contribution in [0.15, 0.2) is 12.2 Å². The quantitative estimate of drug-likeness (QED) is 0.00894. The minimum atomic E-state index is -5.69. The van der Waals surface area contributed by atoms with Crippen LogP contribution in [0.5, 0.6) is 0 Å². The smallest absolute Gasteiger partial charge is 0.463 e. The van der Waals surface area contributed by atoms with Crippen molar-refractivity contribution in [3.63, 3.8) is 0 Å². The second-order valence-corrected chi connectivity index (χ2v) is 27.0. The highest BCUT2D eigenvalue weighted by atomic mass is 31.2. The van der Waals surface area contributed by atoms with E-state index in [1.165, 1.54) is 109 Å². The monoisotopic (exact) mass is 1340 g/mol. The fraction of sp³-hybridized carbons (Fsp3) is 0.925. The minimum Gasteiger partial charge on any atom is -0.463 e. The summed E-state index contributed by atoms with van der Waals surface area (Å²) in [5.74, 6) is -2.01. The number of hydrogen-bond acceptors (Lipinski definition) is 23. The molecule has 0 bridgehead atoms. The summed E-state index contributed by atoms with van der Waals surface area (Å²) in [6.07, 6.45) is 6.04. The van der Waals surface area contributed by atoms with Crippen molar-refractivity contribution in [2.75, 3.05) is 26.4 Å². The van der Waals surface area contributed by atoms with Gasteiger partial charge in [-0.25, -0.2) is 4.57 Å². The van der Waals surface area contributed by atoms with Gasteiger partial charge >= 0.3 is 25.7 Å². The maximum absolute atomic E-state index is 14.3. The zero-order valence-electron chi connectivity index (χ0n) is 55.8. The summed E-state index contributed by atoms with van der Waals surface area (Å²) in [5, 5.41) is 110. The van der Waals surface area contributed by atoms with E-state index in [2.05, 4.69) is 32.9 Å². The lowest BCUT2D eigenvalue weighted by atomic mass is 9.84. The molecular formula is C67H123O24P. The first kappa shape index (κ1) is 83.9. The van der Waals surface area contributed by atoms with Gasteiger partial charge in [0.2, 0.25) is 0 Å². The summed E-state index contributed by atoms with van der Waals surface area (Å²) in [6, 6.07) is 0. The van der Waals surface area contributed by atoms with Crippen molar-refractivity contribution in [2.45, 2.75) is 369 Å². The Kier molecular flexibility index (Phi) is 45.7. The number of phosphoric ester groups is 1. The SMILES string of the molecule is CCCCCCCCC/C=C\CCCCCC(=O)OC(COC(=O)CCCCCCCCCCCCCC)COP(=O)(O)OC1C(OC2OC(CO)C(O)C(O)C2O)C(O)C(O)C(O)C1OC1OC(COC(=O)CCCCCCCCCCCCC)C(O)C(O)C1O. The van der Waals surface area contributed by atoms with E-state index in [1.807, 2.05) is 0 Å². The fourth-order valence-electron chi connectivity index (χ4n) is 11.7. The zero-order chi connectivity index (χ0) is 67.5. The topological polar surface area (TPSA) is 374 Å². The van der Waals surface area contributed by atoms with Gasteiger partial charge < -0.3 is 89.1 Å². The van der Waals surface area contributed by atoms with E-state index in [0.717, 1.165) is 89.9 Å². The van der Waals surface area contributed by atoms with Gasteiger partial charge in [0.05, 0.1) is 13.2 Å². The molecule has 1 saturated carbocycles. The molecule has 0 aromatic heterocycles. The Labute approximate surface area is 548 Å². The predicted molar refractivity (Wildman–Crippen MR) is 342 cm³/mol. The summed E-state index contributed by atoms with van der Waals surface area (Å²) in [7, 11) is -5.69. The van der Waals surface area contributed by atoms with Gasteiger partial charge in [0.1, 0.15) is 98.7 Å². The first-order valence-corrected chi connectivity index (χ1v) is 37.0. The van der Waals surface area contributed by atoms with Gasteiger partial charge in [-0.2, -0.15) is 0 Å². The van der Waals surface area contributed by atoms with Gasteiger partial charge in [0, 0.05) is 19.3 Å². The Bertz CT molecular complexity index is 1970. The molecule has 540 valence electrons. The Morgan fingerprint density at radius 3 is 1.18 bits per heavy atom. The number of carbonyl (C=O) groups is 3. The lowest BCUT2D eigenvalue weighted by Crippen LogP contribution is -2.69. The largest absolute Gasteiger partial charge is 0.472 e. The predicted octanol–water partition coefficient (Wildman–Crippen LogP) is 8.40. The third-order valence-corrected chi connectivity index (χ3v) is 18.5. The van der Waals surface area contributed by atoms with Crippen LogP contribution >= 0.6 is 7.82 Å². The van der Waals surface area contributed by atoms with Crippen LogP contribution in [0.3, 0.4) is 0 Å². The molecule has 18 atom stereocenters. The lowest BCUT2D eigenvalue weighted by Gasteiger charge is -2.49. The van der Waals surface area contributed by atoms with Crippen molar-refractivity contribution in [2.24, 2.45) is 0 Å². The molecule has 2 heterocycles. The van der Waals surface area contributed by atoms with Crippen LogP contribution in [0, 0.1) is 0 Å². The number of aliphatic hydroxyl groups excluding tert-OH is 10. The van der Waals surface area contributed by atoms with Crippen LogP contribution in [0.4, 0.5) is 0 Å². The maximum atomic E-state index is 14.3. The Morgan fingerprint density at radius 1 is 0.413 bits per heavy atom.